The van der Waals surface area contributed by atoms with Crippen molar-refractivity contribution in [1.29, 1.82) is 0 Å². The van der Waals surface area contributed by atoms with E-state index in [4.69, 9.17) is 20.4 Å². The third-order valence-corrected chi connectivity index (χ3v) is 5.92. The van der Waals surface area contributed by atoms with Crippen LogP contribution < -0.4 is 11.1 Å². The summed E-state index contributed by atoms with van der Waals surface area (Å²) in [5, 5.41) is 7.48. The highest BCUT2D eigenvalue weighted by molar-refractivity contribution is 6.10. The summed E-state index contributed by atoms with van der Waals surface area (Å²) in [5.74, 6) is -0.553. The van der Waals surface area contributed by atoms with Crippen LogP contribution in [-0.2, 0) is 4.74 Å². The second-order valence-electron chi connectivity index (χ2n) is 8.48. The highest BCUT2D eigenvalue weighted by Crippen LogP contribution is 2.27. The first kappa shape index (κ1) is 24.8. The largest absolute Gasteiger partial charge is 0.465 e. The Kier molecular flexibility index (Phi) is 7.89. The van der Waals surface area contributed by atoms with Crippen molar-refractivity contribution < 1.29 is 14.3 Å². The van der Waals surface area contributed by atoms with Gasteiger partial charge >= 0.3 is 5.97 Å². The van der Waals surface area contributed by atoms with Crippen molar-refractivity contribution in [2.24, 2.45) is 5.10 Å². The molecule has 0 saturated carbocycles. The van der Waals surface area contributed by atoms with E-state index < -0.39 is 5.97 Å². The minimum Gasteiger partial charge on any atom is -0.465 e. The van der Waals surface area contributed by atoms with E-state index in [9.17, 15) is 9.59 Å². The number of nitrogens with one attached hydrogen (secondary N) is 1. The van der Waals surface area contributed by atoms with E-state index in [1.807, 2.05) is 24.3 Å². The molecule has 0 aliphatic rings. The molecule has 2 heterocycles. The van der Waals surface area contributed by atoms with Gasteiger partial charge < -0.3 is 15.8 Å². The number of unbranched alkanes of at least 4 members (excludes halogenated alkanes) is 4. The molecule has 1 amide bonds. The average Bonchev–Trinajstić information content (AvgIpc) is 3.17. The molecule has 2 aromatic carbocycles. The van der Waals surface area contributed by atoms with E-state index in [1.54, 1.807) is 30.5 Å². The predicted octanol–water partition coefficient (Wildman–Crippen LogP) is 4.54. The summed E-state index contributed by atoms with van der Waals surface area (Å²) in [6.45, 7) is 2.73. The van der Waals surface area contributed by atoms with Crippen molar-refractivity contribution >= 4 is 46.1 Å². The number of fused-ring (bicyclic) bond motifs is 2. The number of para-hydroxylation sites is 2. The van der Waals surface area contributed by atoms with Gasteiger partial charge in [0.2, 0.25) is 0 Å². The van der Waals surface area contributed by atoms with Gasteiger partial charge in [-0.2, -0.15) is 9.78 Å². The number of nitrogen functional groups attached to an aromatic ring is 1. The van der Waals surface area contributed by atoms with Gasteiger partial charge in [0.05, 0.1) is 29.9 Å². The van der Waals surface area contributed by atoms with Crippen LogP contribution in [0.5, 0.6) is 0 Å². The molecule has 0 unspecified atom stereocenters. The van der Waals surface area contributed by atoms with Gasteiger partial charge in [0.15, 0.2) is 5.65 Å². The normalized spacial score (nSPS) is 11.4. The zero-order chi connectivity index (χ0) is 25.5. The predicted molar refractivity (Wildman–Crippen MR) is 141 cm³/mol. The van der Waals surface area contributed by atoms with Crippen molar-refractivity contribution in [1.82, 2.24) is 20.0 Å². The summed E-state index contributed by atoms with van der Waals surface area (Å²) in [6.07, 6.45) is 7.07. The number of esters is 1. The number of methoxy groups -OCH3 is 1. The summed E-state index contributed by atoms with van der Waals surface area (Å²) in [5.41, 5.74) is 9.99. The SMILES string of the molecule is CCCCCCCNC(=O)c1c(N)n(/N=C\c2ccc(C(=O)OC)cc2)c2nc3ccccc3nc12. The number of anilines is 1. The molecule has 2 aromatic heterocycles. The number of carbonyl (C=O) groups excluding carboxylic acids is 2. The molecular formula is C27H30N6O3. The molecule has 3 N–H and O–H groups in total. The Morgan fingerprint density at radius 1 is 1.03 bits per heavy atom. The number of nitrogens with zero attached hydrogens (tertiary/aromatic N) is 4. The number of aromatic nitrogens is 3. The van der Waals surface area contributed by atoms with E-state index in [1.165, 1.54) is 24.6 Å². The Morgan fingerprint density at radius 3 is 2.42 bits per heavy atom. The molecule has 0 aliphatic carbocycles. The highest BCUT2D eigenvalue weighted by Gasteiger charge is 2.23. The van der Waals surface area contributed by atoms with Gasteiger partial charge in [0, 0.05) is 6.54 Å². The number of amides is 1. The van der Waals surface area contributed by atoms with Crippen LogP contribution in [0.25, 0.3) is 22.2 Å². The fourth-order valence-corrected chi connectivity index (χ4v) is 3.95. The molecule has 4 rings (SSSR count). The van der Waals surface area contributed by atoms with E-state index >= 15 is 0 Å². The first-order valence-corrected chi connectivity index (χ1v) is 12.1. The Bertz CT molecular complexity index is 1410. The van der Waals surface area contributed by atoms with Crippen molar-refractivity contribution in [3.8, 4) is 0 Å². The number of hydrogen-bond donors (Lipinski definition) is 2. The summed E-state index contributed by atoms with van der Waals surface area (Å²) >= 11 is 0. The summed E-state index contributed by atoms with van der Waals surface area (Å²) < 4.78 is 6.17. The van der Waals surface area contributed by atoms with Crippen molar-refractivity contribution in [3.63, 3.8) is 0 Å². The van der Waals surface area contributed by atoms with E-state index in [2.05, 4.69) is 17.3 Å². The van der Waals surface area contributed by atoms with Crippen LogP contribution in [-0.4, -0.2) is 46.4 Å². The maximum atomic E-state index is 13.2. The van der Waals surface area contributed by atoms with Gasteiger partial charge in [0.25, 0.3) is 5.91 Å². The minimum atomic E-state index is -0.415. The number of ether oxygens (including phenoxy) is 1. The highest BCUT2D eigenvalue weighted by atomic mass is 16.5. The molecule has 0 spiro atoms. The Hall–Kier alpha value is -4.27. The molecular weight excluding hydrogens is 456 g/mol. The molecule has 186 valence electrons. The van der Waals surface area contributed by atoms with Crippen LogP contribution in [0, 0.1) is 0 Å². The van der Waals surface area contributed by atoms with Gasteiger partial charge in [-0.15, -0.1) is 0 Å². The topological polar surface area (TPSA) is 124 Å². The fourth-order valence-electron chi connectivity index (χ4n) is 3.95. The van der Waals surface area contributed by atoms with Crippen LogP contribution in [0.4, 0.5) is 5.82 Å². The maximum Gasteiger partial charge on any atom is 0.337 e. The monoisotopic (exact) mass is 486 g/mol. The van der Waals surface area contributed by atoms with Gasteiger partial charge in [-0.05, 0) is 36.2 Å². The standard InChI is InChI=1S/C27H30N6O3/c1-3-4-5-6-9-16-29-26(34)22-23-25(32-21-11-8-7-10-20(21)31-23)33(24(22)28)30-17-18-12-14-19(15-13-18)27(35)36-2/h7-8,10-15,17H,3-6,9,16,28H2,1-2H3,(H,29,34)/b30-17-. The lowest BCUT2D eigenvalue weighted by atomic mass is 10.1. The number of nitrogens with two attached hydrogens (primary N) is 1. The molecule has 0 radical (unpaired) electrons. The number of hydrogen-bond acceptors (Lipinski definition) is 7. The van der Waals surface area contributed by atoms with Gasteiger partial charge in [-0.3, -0.25) is 4.79 Å². The Morgan fingerprint density at radius 2 is 1.72 bits per heavy atom. The fraction of sp³-hybridized carbons (Fsp3) is 0.296. The zero-order valence-corrected chi connectivity index (χ0v) is 20.5. The average molecular weight is 487 g/mol. The van der Waals surface area contributed by atoms with Crippen LogP contribution in [0.1, 0.15) is 65.3 Å². The second kappa shape index (κ2) is 11.4. The molecule has 0 bridgehead atoms. The van der Waals surface area contributed by atoms with Gasteiger partial charge in [-0.1, -0.05) is 56.9 Å². The summed E-state index contributed by atoms with van der Waals surface area (Å²) in [7, 11) is 1.34. The first-order valence-electron chi connectivity index (χ1n) is 12.1. The summed E-state index contributed by atoms with van der Waals surface area (Å²) in [4.78, 5) is 34.2. The second-order valence-corrected chi connectivity index (χ2v) is 8.48. The first-order chi connectivity index (χ1) is 17.5. The van der Waals surface area contributed by atoms with Crippen molar-refractivity contribution in [2.45, 2.75) is 39.0 Å². The number of benzene rings is 2. The molecule has 9 nitrogen and oxygen atoms in total. The van der Waals surface area contributed by atoms with E-state index in [0.29, 0.717) is 34.3 Å². The number of carbonyl (C=O) groups is 2. The minimum absolute atomic E-state index is 0.159. The van der Waals surface area contributed by atoms with E-state index in [-0.39, 0.29) is 17.3 Å². The molecule has 9 heteroatoms. The van der Waals surface area contributed by atoms with Gasteiger partial charge in [0.1, 0.15) is 16.9 Å². The third kappa shape index (κ3) is 5.35. The lowest BCUT2D eigenvalue weighted by molar-refractivity contribution is 0.0600. The Balaban J connectivity index is 1.67. The quantitative estimate of drug-likeness (QED) is 0.193. The van der Waals surface area contributed by atoms with Crippen LogP contribution >= 0.6 is 0 Å². The zero-order valence-electron chi connectivity index (χ0n) is 20.5. The van der Waals surface area contributed by atoms with Crippen LogP contribution in [0.3, 0.4) is 0 Å². The lowest BCUT2D eigenvalue weighted by Crippen LogP contribution is -2.25. The lowest BCUT2D eigenvalue weighted by Gasteiger charge is -2.05. The Labute approximate surface area is 209 Å². The molecule has 0 atom stereocenters. The van der Waals surface area contributed by atoms with Crippen molar-refractivity contribution in [3.05, 3.63) is 65.2 Å². The molecule has 0 aliphatic heterocycles. The number of rotatable bonds is 10. The molecule has 4 aromatic rings. The van der Waals surface area contributed by atoms with Crippen molar-refractivity contribution in [2.75, 3.05) is 19.4 Å². The van der Waals surface area contributed by atoms with Crippen LogP contribution in [0.2, 0.25) is 0 Å². The smallest absolute Gasteiger partial charge is 0.337 e. The molecule has 0 saturated heterocycles. The molecule has 0 fully saturated rings. The maximum absolute atomic E-state index is 13.2. The summed E-state index contributed by atoms with van der Waals surface area (Å²) in [6, 6.07) is 14.2. The van der Waals surface area contributed by atoms with Crippen LogP contribution in [0.15, 0.2) is 53.6 Å². The van der Waals surface area contributed by atoms with Gasteiger partial charge in [-0.25, -0.2) is 14.8 Å². The van der Waals surface area contributed by atoms with E-state index in [0.717, 1.165) is 24.8 Å². The third-order valence-electron chi connectivity index (χ3n) is 5.92. The molecule has 36 heavy (non-hydrogen) atoms.